The molecule has 1 fully saturated rings. The maximum absolute atomic E-state index is 12.2. The van der Waals surface area contributed by atoms with E-state index in [1.165, 1.54) is 12.1 Å². The second-order valence-corrected chi connectivity index (χ2v) is 6.56. The molecule has 0 radical (unpaired) electrons. The molecule has 8 heteroatoms. The van der Waals surface area contributed by atoms with Gasteiger partial charge < -0.3 is 15.0 Å². The van der Waals surface area contributed by atoms with Crippen LogP contribution in [0.15, 0.2) is 18.2 Å². The number of rotatable bonds is 5. The number of nitrogens with zero attached hydrogens (tertiary/aromatic N) is 2. The van der Waals surface area contributed by atoms with Crippen LogP contribution < -0.4 is 5.32 Å². The molecule has 0 aliphatic carbocycles. The largest absolute Gasteiger partial charge is 0.452 e. The average Bonchev–Trinajstić information content (AvgIpc) is 2.57. The summed E-state index contributed by atoms with van der Waals surface area (Å²) in [6.45, 7) is 5.13. The Bertz CT molecular complexity index is 666. The minimum atomic E-state index is -0.753. The molecular weight excluding hydrogens is 326 g/mol. The maximum atomic E-state index is 12.2. The van der Waals surface area contributed by atoms with Crippen LogP contribution in [-0.2, 0) is 9.53 Å². The van der Waals surface area contributed by atoms with Crippen LogP contribution in [-0.4, -0.2) is 48.4 Å². The van der Waals surface area contributed by atoms with E-state index in [9.17, 15) is 19.7 Å². The van der Waals surface area contributed by atoms with Crippen LogP contribution in [0.25, 0.3) is 0 Å². The van der Waals surface area contributed by atoms with Crippen molar-refractivity contribution in [2.24, 2.45) is 11.8 Å². The second-order valence-electron chi connectivity index (χ2n) is 6.56. The number of esters is 1. The summed E-state index contributed by atoms with van der Waals surface area (Å²) in [5, 5.41) is 13.7. The number of nitrogens with one attached hydrogen (secondary N) is 1. The highest BCUT2D eigenvalue weighted by Crippen LogP contribution is 2.25. The Balaban J connectivity index is 1.99. The standard InChI is InChI=1S/C17H23N3O5/c1-11-6-12(2)9-19(8-11)16(21)10-25-17(22)13-4-5-14(18-3)15(7-13)20(23)24/h4-5,7,11-12,18H,6,8-10H2,1-3H3/t11-,12-/m0/s1. The number of ether oxygens (including phenoxy) is 1. The van der Waals surface area contributed by atoms with Crippen molar-refractivity contribution in [3.8, 4) is 0 Å². The third kappa shape index (κ3) is 4.68. The van der Waals surface area contributed by atoms with E-state index in [1.54, 1.807) is 11.9 Å². The van der Waals surface area contributed by atoms with Crippen molar-refractivity contribution in [2.75, 3.05) is 32.1 Å². The Kier molecular flexibility index (Phi) is 5.95. The van der Waals surface area contributed by atoms with Gasteiger partial charge in [-0.1, -0.05) is 13.8 Å². The molecule has 0 unspecified atom stereocenters. The Hall–Kier alpha value is -2.64. The minimum Gasteiger partial charge on any atom is -0.452 e. The maximum Gasteiger partial charge on any atom is 0.338 e. The summed E-state index contributed by atoms with van der Waals surface area (Å²) < 4.78 is 5.05. The molecule has 2 atom stereocenters. The van der Waals surface area contributed by atoms with Crippen LogP contribution in [0.1, 0.15) is 30.6 Å². The fourth-order valence-corrected chi connectivity index (χ4v) is 3.19. The van der Waals surface area contributed by atoms with Gasteiger partial charge in [0.15, 0.2) is 6.61 Å². The van der Waals surface area contributed by atoms with E-state index in [0.29, 0.717) is 30.6 Å². The first-order valence-corrected chi connectivity index (χ1v) is 8.23. The summed E-state index contributed by atoms with van der Waals surface area (Å²) in [6.07, 6.45) is 1.07. The molecule has 1 heterocycles. The highest BCUT2D eigenvalue weighted by atomic mass is 16.6. The van der Waals surface area contributed by atoms with Crippen LogP contribution in [0.4, 0.5) is 11.4 Å². The molecule has 0 bridgehead atoms. The van der Waals surface area contributed by atoms with Crippen molar-refractivity contribution < 1.29 is 19.2 Å². The van der Waals surface area contributed by atoms with Crippen molar-refractivity contribution in [1.29, 1.82) is 0 Å². The molecule has 0 saturated carbocycles. The predicted octanol–water partition coefficient (Wildman–Crippen LogP) is 2.30. The van der Waals surface area contributed by atoms with Crippen molar-refractivity contribution in [3.05, 3.63) is 33.9 Å². The Morgan fingerprint density at radius 1 is 1.32 bits per heavy atom. The van der Waals surface area contributed by atoms with Crippen molar-refractivity contribution in [3.63, 3.8) is 0 Å². The summed E-state index contributed by atoms with van der Waals surface area (Å²) >= 11 is 0. The number of likely N-dealkylation sites (tertiary alicyclic amines) is 1. The molecular formula is C17H23N3O5. The summed E-state index contributed by atoms with van der Waals surface area (Å²) in [5.41, 5.74) is 0.120. The van der Waals surface area contributed by atoms with E-state index in [1.807, 2.05) is 0 Å². The first kappa shape index (κ1) is 18.7. The number of amides is 1. The van der Waals surface area contributed by atoms with Gasteiger partial charge in [-0.3, -0.25) is 14.9 Å². The van der Waals surface area contributed by atoms with Gasteiger partial charge in [-0.15, -0.1) is 0 Å². The molecule has 1 saturated heterocycles. The zero-order valence-electron chi connectivity index (χ0n) is 14.7. The topological polar surface area (TPSA) is 102 Å². The van der Waals surface area contributed by atoms with Crippen LogP contribution in [0, 0.1) is 22.0 Å². The molecule has 25 heavy (non-hydrogen) atoms. The van der Waals surface area contributed by atoms with Gasteiger partial charge in [0.05, 0.1) is 10.5 Å². The van der Waals surface area contributed by atoms with Crippen molar-refractivity contribution in [1.82, 2.24) is 4.90 Å². The lowest BCUT2D eigenvalue weighted by Gasteiger charge is -2.34. The van der Waals surface area contributed by atoms with E-state index >= 15 is 0 Å². The number of nitro groups is 1. The van der Waals surface area contributed by atoms with Gasteiger partial charge in [0.1, 0.15) is 5.69 Å². The molecule has 0 spiro atoms. The molecule has 1 N–H and O–H groups in total. The molecule has 8 nitrogen and oxygen atoms in total. The van der Waals surface area contributed by atoms with Crippen LogP contribution in [0.2, 0.25) is 0 Å². The number of anilines is 1. The fraction of sp³-hybridized carbons (Fsp3) is 0.529. The first-order valence-electron chi connectivity index (χ1n) is 8.23. The number of nitro benzene ring substituents is 1. The van der Waals surface area contributed by atoms with Gasteiger partial charge in [0.25, 0.3) is 11.6 Å². The number of carbonyl (C=O) groups is 2. The van der Waals surface area contributed by atoms with E-state index in [2.05, 4.69) is 19.2 Å². The van der Waals surface area contributed by atoms with Gasteiger partial charge in [0.2, 0.25) is 0 Å². The van der Waals surface area contributed by atoms with Gasteiger partial charge >= 0.3 is 5.97 Å². The number of carbonyl (C=O) groups excluding carboxylic acids is 2. The lowest BCUT2D eigenvalue weighted by molar-refractivity contribution is -0.384. The third-order valence-electron chi connectivity index (χ3n) is 4.25. The van der Waals surface area contributed by atoms with E-state index in [-0.39, 0.29) is 23.8 Å². The van der Waals surface area contributed by atoms with E-state index in [4.69, 9.17) is 4.74 Å². The normalized spacial score (nSPS) is 20.0. The summed E-state index contributed by atoms with van der Waals surface area (Å²) in [4.78, 5) is 36.5. The first-order chi connectivity index (χ1) is 11.8. The van der Waals surface area contributed by atoms with Crippen molar-refractivity contribution in [2.45, 2.75) is 20.3 Å². The SMILES string of the molecule is CNc1ccc(C(=O)OCC(=O)N2C[C@@H](C)C[C@H](C)C2)cc1[N+](=O)[O-]. The molecule has 1 aromatic rings. The lowest BCUT2D eigenvalue weighted by Crippen LogP contribution is -2.44. The highest BCUT2D eigenvalue weighted by molar-refractivity contribution is 5.93. The molecule has 136 valence electrons. The minimum absolute atomic E-state index is 0.0406. The number of hydrogen-bond acceptors (Lipinski definition) is 6. The fourth-order valence-electron chi connectivity index (χ4n) is 3.19. The number of piperidine rings is 1. The van der Waals surface area contributed by atoms with Crippen molar-refractivity contribution >= 4 is 23.3 Å². The average molecular weight is 349 g/mol. The van der Waals surface area contributed by atoms with Gasteiger partial charge in [0, 0.05) is 26.2 Å². The predicted molar refractivity (Wildman–Crippen MR) is 92.5 cm³/mol. The Labute approximate surface area is 146 Å². The quantitative estimate of drug-likeness (QED) is 0.497. The van der Waals surface area contributed by atoms with E-state index in [0.717, 1.165) is 12.5 Å². The molecule has 1 aliphatic rings. The Morgan fingerprint density at radius 3 is 2.52 bits per heavy atom. The summed E-state index contributed by atoms with van der Waals surface area (Å²) in [5.74, 6) is -0.161. The highest BCUT2D eigenvalue weighted by Gasteiger charge is 2.26. The smallest absolute Gasteiger partial charge is 0.338 e. The monoisotopic (exact) mass is 349 g/mol. The lowest BCUT2D eigenvalue weighted by atomic mass is 9.92. The molecule has 2 rings (SSSR count). The second kappa shape index (κ2) is 7.96. The van der Waals surface area contributed by atoms with Crippen LogP contribution in [0.5, 0.6) is 0 Å². The Morgan fingerprint density at radius 2 is 1.96 bits per heavy atom. The van der Waals surface area contributed by atoms with Gasteiger partial charge in [-0.05, 0) is 30.4 Å². The third-order valence-corrected chi connectivity index (χ3v) is 4.25. The molecule has 0 aromatic heterocycles. The summed E-state index contributed by atoms with van der Waals surface area (Å²) in [7, 11) is 1.56. The van der Waals surface area contributed by atoms with Crippen LogP contribution in [0.3, 0.4) is 0 Å². The summed E-state index contributed by atoms with van der Waals surface area (Å²) in [6, 6.07) is 4.00. The zero-order valence-corrected chi connectivity index (χ0v) is 14.7. The van der Waals surface area contributed by atoms with Gasteiger partial charge in [-0.25, -0.2) is 4.79 Å². The zero-order chi connectivity index (χ0) is 18.6. The van der Waals surface area contributed by atoms with Crippen LogP contribution >= 0.6 is 0 Å². The number of benzene rings is 1. The molecule has 1 aliphatic heterocycles. The number of hydrogen-bond donors (Lipinski definition) is 1. The van der Waals surface area contributed by atoms with Gasteiger partial charge in [-0.2, -0.15) is 0 Å². The molecule has 1 aromatic carbocycles. The van der Waals surface area contributed by atoms with E-state index < -0.39 is 10.9 Å². The molecule has 1 amide bonds.